The summed E-state index contributed by atoms with van der Waals surface area (Å²) in [6, 6.07) is 14.9. The van der Waals surface area contributed by atoms with Gasteiger partial charge < -0.3 is 9.47 Å². The average molecular weight is 460 g/mol. The van der Waals surface area contributed by atoms with Crippen LogP contribution in [-0.4, -0.2) is 55.8 Å². The molecule has 1 heterocycles. The van der Waals surface area contributed by atoms with Crippen LogP contribution in [0.15, 0.2) is 65.6 Å². The van der Waals surface area contributed by atoms with E-state index in [0.29, 0.717) is 0 Å². The van der Waals surface area contributed by atoms with Gasteiger partial charge >= 0.3 is 11.9 Å². The first-order valence-electron chi connectivity index (χ1n) is 10.8. The molecule has 0 aromatic heterocycles. The second-order valence-corrected chi connectivity index (χ2v) is 9.80. The molecular formula is C24H29NO6S. The lowest BCUT2D eigenvalue weighted by Gasteiger charge is -2.34. The van der Waals surface area contributed by atoms with E-state index in [-0.39, 0.29) is 24.5 Å². The van der Waals surface area contributed by atoms with Gasteiger partial charge in [0.1, 0.15) is 12.1 Å². The van der Waals surface area contributed by atoms with Crippen molar-refractivity contribution in [1.82, 2.24) is 4.90 Å². The van der Waals surface area contributed by atoms with Crippen LogP contribution in [0.4, 0.5) is 0 Å². The third-order valence-corrected chi connectivity index (χ3v) is 7.95. The van der Waals surface area contributed by atoms with Crippen molar-refractivity contribution in [2.24, 2.45) is 0 Å². The molecule has 0 aliphatic carbocycles. The van der Waals surface area contributed by atoms with Crippen LogP contribution in [0.2, 0.25) is 0 Å². The van der Waals surface area contributed by atoms with Gasteiger partial charge in [-0.25, -0.2) is 8.42 Å². The quantitative estimate of drug-likeness (QED) is 0.560. The summed E-state index contributed by atoms with van der Waals surface area (Å²) in [6.07, 6.45) is -0.0588. The molecule has 1 aliphatic rings. The highest BCUT2D eigenvalue weighted by Crippen LogP contribution is 2.40. The summed E-state index contributed by atoms with van der Waals surface area (Å²) >= 11 is 0. The molecule has 172 valence electrons. The Morgan fingerprint density at radius 3 is 2.03 bits per heavy atom. The molecule has 8 heteroatoms. The summed E-state index contributed by atoms with van der Waals surface area (Å²) in [4.78, 5) is 27.8. The smallest absolute Gasteiger partial charge is 0.324 e. The Morgan fingerprint density at radius 1 is 0.938 bits per heavy atom. The fraction of sp³-hybridized carbons (Fsp3) is 0.417. The summed E-state index contributed by atoms with van der Waals surface area (Å²) in [5.74, 6) is -1.21. The van der Waals surface area contributed by atoms with E-state index >= 15 is 0 Å². The highest BCUT2D eigenvalue weighted by molar-refractivity contribution is 7.92. The van der Waals surface area contributed by atoms with Crippen LogP contribution < -0.4 is 0 Å². The van der Waals surface area contributed by atoms with E-state index in [1.807, 2.05) is 37.3 Å². The molecule has 0 spiro atoms. The second kappa shape index (κ2) is 10.3. The van der Waals surface area contributed by atoms with Gasteiger partial charge in [0, 0.05) is 6.04 Å². The highest BCUT2D eigenvalue weighted by Gasteiger charge is 2.56. The van der Waals surface area contributed by atoms with E-state index in [9.17, 15) is 18.0 Å². The molecule has 0 radical (unpaired) electrons. The zero-order chi connectivity index (χ0) is 23.3. The van der Waals surface area contributed by atoms with Gasteiger partial charge in [0.2, 0.25) is 0 Å². The lowest BCUT2D eigenvalue weighted by atomic mass is 10.0. The van der Waals surface area contributed by atoms with Gasteiger partial charge in [-0.05, 0) is 44.9 Å². The van der Waals surface area contributed by atoms with Gasteiger partial charge in [0.25, 0.3) is 0 Å². The molecule has 1 aliphatic heterocycles. The molecule has 3 rings (SSSR count). The molecule has 0 N–H and O–H groups in total. The second-order valence-electron chi connectivity index (χ2n) is 7.63. The largest absolute Gasteiger partial charge is 0.465 e. The number of nitrogens with zero attached hydrogens (tertiary/aromatic N) is 1. The maximum absolute atomic E-state index is 13.6. The van der Waals surface area contributed by atoms with Gasteiger partial charge in [-0.15, -0.1) is 0 Å². The van der Waals surface area contributed by atoms with E-state index in [4.69, 9.17) is 9.47 Å². The summed E-state index contributed by atoms with van der Waals surface area (Å²) in [7, 11) is -3.93. The number of ether oxygens (including phenoxy) is 2. The minimum absolute atomic E-state index is 0.0588. The Labute approximate surface area is 189 Å². The number of carbonyl (C=O) groups excluding carboxylic acids is 2. The van der Waals surface area contributed by atoms with E-state index in [2.05, 4.69) is 0 Å². The molecule has 4 atom stereocenters. The molecule has 1 unspecified atom stereocenters. The summed E-state index contributed by atoms with van der Waals surface area (Å²) < 4.78 is 37.8. The zero-order valence-electron chi connectivity index (χ0n) is 18.5. The van der Waals surface area contributed by atoms with Crippen molar-refractivity contribution in [3.8, 4) is 0 Å². The monoisotopic (exact) mass is 459 g/mol. The third kappa shape index (κ3) is 4.71. The maximum atomic E-state index is 13.6. The first-order valence-corrected chi connectivity index (χ1v) is 12.3. The molecule has 1 fully saturated rings. The van der Waals surface area contributed by atoms with Crippen LogP contribution in [-0.2, 0) is 28.9 Å². The topological polar surface area (TPSA) is 90.0 Å². The number of benzene rings is 2. The van der Waals surface area contributed by atoms with Gasteiger partial charge in [-0.2, -0.15) is 0 Å². The van der Waals surface area contributed by atoms with Crippen molar-refractivity contribution in [3.05, 3.63) is 66.2 Å². The lowest BCUT2D eigenvalue weighted by molar-refractivity contribution is -0.155. The number of likely N-dealkylation sites (tertiary alicyclic amines) is 1. The minimum atomic E-state index is -3.93. The average Bonchev–Trinajstić information content (AvgIpc) is 3.22. The Bertz CT molecular complexity index is 1020. The molecule has 32 heavy (non-hydrogen) atoms. The molecule has 0 amide bonds. The number of hydrogen-bond acceptors (Lipinski definition) is 7. The molecule has 0 saturated carbocycles. The fourth-order valence-corrected chi connectivity index (χ4v) is 6.22. The maximum Gasteiger partial charge on any atom is 0.324 e. The summed E-state index contributed by atoms with van der Waals surface area (Å²) in [6.45, 7) is 5.47. The Morgan fingerprint density at radius 2 is 1.47 bits per heavy atom. The summed E-state index contributed by atoms with van der Waals surface area (Å²) in [5, 5.41) is -1.15. The highest BCUT2D eigenvalue weighted by atomic mass is 32.2. The summed E-state index contributed by atoms with van der Waals surface area (Å²) in [5.41, 5.74) is 0.855. The predicted octanol–water partition coefficient (Wildman–Crippen LogP) is 3.16. The van der Waals surface area contributed by atoms with E-state index in [1.165, 1.54) is 12.1 Å². The SMILES string of the molecule is CCOC(=O)[C@H]1CC(S(=O)(=O)c2ccccc2)[C@H](C(=O)OCC)N1[C@H](C)c1ccccc1. The van der Waals surface area contributed by atoms with E-state index in [0.717, 1.165) is 5.56 Å². The van der Waals surface area contributed by atoms with Crippen molar-refractivity contribution in [1.29, 1.82) is 0 Å². The Hall–Kier alpha value is -2.71. The molecule has 7 nitrogen and oxygen atoms in total. The zero-order valence-corrected chi connectivity index (χ0v) is 19.3. The molecule has 1 saturated heterocycles. The van der Waals surface area contributed by atoms with Crippen molar-refractivity contribution >= 4 is 21.8 Å². The molecule has 0 bridgehead atoms. The number of hydrogen-bond donors (Lipinski definition) is 0. The lowest BCUT2D eigenvalue weighted by Crippen LogP contribution is -2.50. The van der Waals surface area contributed by atoms with Crippen LogP contribution in [0.1, 0.15) is 38.8 Å². The number of esters is 2. The Kier molecular flexibility index (Phi) is 7.69. The van der Waals surface area contributed by atoms with Crippen LogP contribution in [0.25, 0.3) is 0 Å². The van der Waals surface area contributed by atoms with E-state index < -0.39 is 45.2 Å². The van der Waals surface area contributed by atoms with Crippen molar-refractivity contribution in [3.63, 3.8) is 0 Å². The number of carbonyl (C=O) groups is 2. The van der Waals surface area contributed by atoms with Crippen molar-refractivity contribution < 1.29 is 27.5 Å². The minimum Gasteiger partial charge on any atom is -0.465 e. The van der Waals surface area contributed by atoms with Crippen LogP contribution in [0, 0.1) is 0 Å². The number of rotatable bonds is 8. The van der Waals surface area contributed by atoms with Crippen LogP contribution in [0.5, 0.6) is 0 Å². The van der Waals surface area contributed by atoms with Crippen molar-refractivity contribution in [2.75, 3.05) is 13.2 Å². The first-order chi connectivity index (χ1) is 15.3. The van der Waals surface area contributed by atoms with Crippen LogP contribution >= 0.6 is 0 Å². The van der Waals surface area contributed by atoms with Gasteiger partial charge in [0.15, 0.2) is 9.84 Å². The number of sulfone groups is 1. The normalized spacial score (nSPS) is 22.3. The molecular weight excluding hydrogens is 430 g/mol. The molecule has 2 aromatic carbocycles. The van der Waals surface area contributed by atoms with Crippen LogP contribution in [0.3, 0.4) is 0 Å². The molecule has 2 aromatic rings. The standard InChI is InChI=1S/C24H29NO6S/c1-4-30-23(26)20-16-21(32(28,29)19-14-10-7-11-15-19)22(24(27)31-5-2)25(20)17(3)18-12-8-6-9-13-18/h6-15,17,20-22H,4-5,16H2,1-3H3/t17-,20-,21?,22-/m1/s1. The van der Waals surface area contributed by atoms with Gasteiger partial charge in [-0.1, -0.05) is 48.5 Å². The van der Waals surface area contributed by atoms with Gasteiger partial charge in [0.05, 0.1) is 23.4 Å². The van der Waals surface area contributed by atoms with Crippen molar-refractivity contribution in [2.45, 2.75) is 55.5 Å². The Balaban J connectivity index is 2.13. The van der Waals surface area contributed by atoms with Gasteiger partial charge in [-0.3, -0.25) is 14.5 Å². The third-order valence-electron chi connectivity index (χ3n) is 5.78. The predicted molar refractivity (Wildman–Crippen MR) is 120 cm³/mol. The first kappa shape index (κ1) is 23.9. The van der Waals surface area contributed by atoms with E-state index in [1.54, 1.807) is 36.9 Å². The fourth-order valence-electron chi connectivity index (χ4n) is 4.31.